The van der Waals surface area contributed by atoms with Crippen LogP contribution in [-0.4, -0.2) is 4.98 Å². The zero-order valence-corrected chi connectivity index (χ0v) is 8.83. The van der Waals surface area contributed by atoms with Crippen LogP contribution in [0.4, 0.5) is 17.2 Å². The smallest absolute Gasteiger partial charge is 0.192 e. The summed E-state index contributed by atoms with van der Waals surface area (Å²) in [6.45, 7) is 0. The van der Waals surface area contributed by atoms with Crippen LogP contribution in [0.1, 0.15) is 0 Å². The van der Waals surface area contributed by atoms with E-state index < -0.39 is 0 Å². The van der Waals surface area contributed by atoms with Crippen LogP contribution in [0, 0.1) is 4.91 Å². The van der Waals surface area contributed by atoms with Crippen molar-refractivity contribution in [2.24, 2.45) is 5.18 Å². The summed E-state index contributed by atoms with van der Waals surface area (Å²) in [4.78, 5) is 14.4. The number of rotatable bonds is 3. The number of nitrogen functional groups attached to an aromatic ring is 2. The average Bonchev–Trinajstić information content (AvgIpc) is 2.32. The first-order valence-corrected chi connectivity index (χ1v) is 4.82. The van der Waals surface area contributed by atoms with Crippen molar-refractivity contribution in [1.82, 2.24) is 4.98 Å². The Morgan fingerprint density at radius 1 is 1.12 bits per heavy atom. The zero-order valence-electron chi connectivity index (χ0n) is 8.83. The lowest BCUT2D eigenvalue weighted by atomic mass is 10.3. The molecule has 0 aliphatic rings. The van der Waals surface area contributed by atoms with Gasteiger partial charge < -0.3 is 16.2 Å². The summed E-state index contributed by atoms with van der Waals surface area (Å²) in [6, 6.07) is 8.26. The predicted octanol–water partition coefficient (Wildman–Crippen LogP) is 2.44. The van der Waals surface area contributed by atoms with Gasteiger partial charge in [0.25, 0.3) is 0 Å². The molecule has 0 amide bonds. The molecule has 0 aliphatic heterocycles. The van der Waals surface area contributed by atoms with Gasteiger partial charge in [-0.2, -0.15) is 0 Å². The van der Waals surface area contributed by atoms with Crippen molar-refractivity contribution in [2.45, 2.75) is 0 Å². The van der Waals surface area contributed by atoms with Crippen LogP contribution in [0.3, 0.4) is 0 Å². The van der Waals surface area contributed by atoms with E-state index in [-0.39, 0.29) is 17.3 Å². The highest BCUT2D eigenvalue weighted by Crippen LogP contribution is 2.34. The summed E-state index contributed by atoms with van der Waals surface area (Å²) >= 11 is 0. The number of nitrogens with zero attached hydrogens (tertiary/aromatic N) is 2. The molecule has 6 nitrogen and oxygen atoms in total. The van der Waals surface area contributed by atoms with Crippen molar-refractivity contribution in [3.05, 3.63) is 41.4 Å². The van der Waals surface area contributed by atoms with Crippen molar-refractivity contribution in [2.75, 3.05) is 11.5 Å². The Labute approximate surface area is 97.2 Å². The number of hydrogen-bond donors (Lipinski definition) is 2. The minimum atomic E-state index is -0.00988. The first-order chi connectivity index (χ1) is 8.20. The van der Waals surface area contributed by atoms with Gasteiger partial charge in [0.1, 0.15) is 5.75 Å². The molecule has 0 spiro atoms. The van der Waals surface area contributed by atoms with E-state index in [2.05, 4.69) is 10.2 Å². The fraction of sp³-hybridized carbons (Fsp3) is 0. The first-order valence-electron chi connectivity index (χ1n) is 4.82. The third-order valence-electron chi connectivity index (χ3n) is 2.11. The molecule has 0 atom stereocenters. The molecule has 0 saturated heterocycles. The fourth-order valence-electron chi connectivity index (χ4n) is 1.29. The second-order valence-corrected chi connectivity index (χ2v) is 3.31. The van der Waals surface area contributed by atoms with Crippen molar-refractivity contribution >= 4 is 17.2 Å². The SMILES string of the molecule is Nc1ccc(Oc2ccnc(N)c2N=O)cc1. The number of benzene rings is 1. The van der Waals surface area contributed by atoms with Crippen LogP contribution in [0.15, 0.2) is 41.7 Å². The topological polar surface area (TPSA) is 104 Å². The Morgan fingerprint density at radius 2 is 1.82 bits per heavy atom. The Balaban J connectivity index is 2.33. The number of nitrogens with two attached hydrogens (primary N) is 2. The molecule has 1 aromatic carbocycles. The molecule has 2 rings (SSSR count). The fourth-order valence-corrected chi connectivity index (χ4v) is 1.29. The number of pyridine rings is 1. The number of aromatic nitrogens is 1. The van der Waals surface area contributed by atoms with Gasteiger partial charge in [-0.05, 0) is 29.4 Å². The molecule has 4 N–H and O–H groups in total. The third-order valence-corrected chi connectivity index (χ3v) is 2.11. The predicted molar refractivity (Wildman–Crippen MR) is 65.0 cm³/mol. The largest absolute Gasteiger partial charge is 0.455 e. The molecule has 0 unspecified atom stereocenters. The number of nitroso groups, excluding NO2 is 1. The molecule has 0 saturated carbocycles. The molecule has 0 radical (unpaired) electrons. The van der Waals surface area contributed by atoms with Crippen LogP contribution >= 0.6 is 0 Å². The highest BCUT2D eigenvalue weighted by Gasteiger charge is 2.10. The molecule has 17 heavy (non-hydrogen) atoms. The van der Waals surface area contributed by atoms with Gasteiger partial charge in [-0.15, -0.1) is 4.91 Å². The van der Waals surface area contributed by atoms with Gasteiger partial charge in [-0.25, -0.2) is 4.98 Å². The Kier molecular flexibility index (Phi) is 2.87. The highest BCUT2D eigenvalue weighted by atomic mass is 16.5. The molecule has 1 heterocycles. The zero-order chi connectivity index (χ0) is 12.3. The molecule has 6 heteroatoms. The number of hydrogen-bond acceptors (Lipinski definition) is 6. The minimum absolute atomic E-state index is 0.00988. The summed E-state index contributed by atoms with van der Waals surface area (Å²) in [7, 11) is 0. The normalized spacial score (nSPS) is 9.88. The van der Waals surface area contributed by atoms with Crippen molar-refractivity contribution in [1.29, 1.82) is 0 Å². The summed E-state index contributed by atoms with van der Waals surface area (Å²) in [5.74, 6) is 0.833. The monoisotopic (exact) mass is 230 g/mol. The quantitative estimate of drug-likeness (QED) is 0.622. The summed E-state index contributed by atoms with van der Waals surface area (Å²) < 4.78 is 5.47. The maximum Gasteiger partial charge on any atom is 0.192 e. The first kappa shape index (κ1) is 10.9. The molecule has 1 aromatic heterocycles. The summed E-state index contributed by atoms with van der Waals surface area (Å²) in [5.41, 5.74) is 11.7. The summed E-state index contributed by atoms with van der Waals surface area (Å²) in [6.07, 6.45) is 1.44. The lowest BCUT2D eigenvalue weighted by Crippen LogP contribution is -1.93. The van der Waals surface area contributed by atoms with E-state index in [0.717, 1.165) is 0 Å². The van der Waals surface area contributed by atoms with E-state index in [1.807, 2.05) is 0 Å². The maximum absolute atomic E-state index is 10.6. The molecular formula is C11H10N4O2. The lowest BCUT2D eigenvalue weighted by Gasteiger charge is -2.07. The molecule has 86 valence electrons. The summed E-state index contributed by atoms with van der Waals surface area (Å²) in [5, 5.41) is 2.80. The molecule has 2 aromatic rings. The van der Waals surface area contributed by atoms with E-state index in [1.165, 1.54) is 12.3 Å². The van der Waals surface area contributed by atoms with E-state index in [0.29, 0.717) is 11.4 Å². The van der Waals surface area contributed by atoms with Crippen LogP contribution in [0.2, 0.25) is 0 Å². The van der Waals surface area contributed by atoms with Gasteiger partial charge in [0, 0.05) is 18.0 Å². The van der Waals surface area contributed by atoms with E-state index >= 15 is 0 Å². The van der Waals surface area contributed by atoms with Gasteiger partial charge in [0.2, 0.25) is 0 Å². The van der Waals surface area contributed by atoms with Crippen molar-refractivity contribution < 1.29 is 4.74 Å². The Hall–Kier alpha value is -2.63. The van der Waals surface area contributed by atoms with Crippen LogP contribution in [-0.2, 0) is 0 Å². The van der Waals surface area contributed by atoms with Gasteiger partial charge in [0.15, 0.2) is 17.3 Å². The molecular weight excluding hydrogens is 220 g/mol. The molecule has 0 fully saturated rings. The van der Waals surface area contributed by atoms with Gasteiger partial charge in [-0.1, -0.05) is 0 Å². The van der Waals surface area contributed by atoms with E-state index in [4.69, 9.17) is 16.2 Å². The average molecular weight is 230 g/mol. The Bertz CT molecular complexity index is 540. The minimum Gasteiger partial charge on any atom is -0.455 e. The lowest BCUT2D eigenvalue weighted by molar-refractivity contribution is 0.484. The number of anilines is 2. The molecule has 0 bridgehead atoms. The van der Waals surface area contributed by atoms with Gasteiger partial charge in [0.05, 0.1) is 0 Å². The van der Waals surface area contributed by atoms with Crippen LogP contribution in [0.5, 0.6) is 11.5 Å². The van der Waals surface area contributed by atoms with Gasteiger partial charge >= 0.3 is 0 Å². The standard InChI is InChI=1S/C11H10N4O2/c12-7-1-3-8(4-2-7)17-9-5-6-14-11(13)10(9)15-16/h1-6H,12H2,(H2,13,14). The second-order valence-electron chi connectivity index (χ2n) is 3.31. The Morgan fingerprint density at radius 3 is 2.47 bits per heavy atom. The van der Waals surface area contributed by atoms with Gasteiger partial charge in [-0.3, -0.25) is 0 Å². The van der Waals surface area contributed by atoms with Crippen molar-refractivity contribution in [3.8, 4) is 11.5 Å². The van der Waals surface area contributed by atoms with Crippen molar-refractivity contribution in [3.63, 3.8) is 0 Å². The van der Waals surface area contributed by atoms with Crippen LogP contribution in [0.25, 0.3) is 0 Å². The second kappa shape index (κ2) is 4.48. The molecule has 0 aliphatic carbocycles. The third kappa shape index (κ3) is 2.31. The van der Waals surface area contributed by atoms with E-state index in [9.17, 15) is 4.91 Å². The highest BCUT2D eigenvalue weighted by molar-refractivity contribution is 5.66. The number of ether oxygens (including phenoxy) is 1. The van der Waals surface area contributed by atoms with E-state index in [1.54, 1.807) is 24.3 Å². The van der Waals surface area contributed by atoms with Crippen LogP contribution < -0.4 is 16.2 Å². The maximum atomic E-state index is 10.6.